The maximum Gasteiger partial charge on any atom is 0.324 e. The lowest BCUT2D eigenvalue weighted by Gasteiger charge is -2.24. The Kier molecular flexibility index (Phi) is 6.15. The van der Waals surface area contributed by atoms with E-state index < -0.39 is 17.7 Å². The summed E-state index contributed by atoms with van der Waals surface area (Å²) in [6, 6.07) is -0.558. The first-order valence-electron chi connectivity index (χ1n) is 4.69. The van der Waals surface area contributed by atoms with Crippen molar-refractivity contribution in [2.24, 2.45) is 11.5 Å². The third-order valence-electron chi connectivity index (χ3n) is 1.97. The minimum Gasteiger partial charge on any atom is -0.443 e. The van der Waals surface area contributed by atoms with Crippen LogP contribution in [0, 0.1) is 0 Å². The highest BCUT2D eigenvalue weighted by Crippen LogP contribution is 2.09. The Bertz CT molecular complexity index is 186. The molecule has 0 fully saturated rings. The highest BCUT2D eigenvalue weighted by molar-refractivity contribution is 7.98. The Labute approximate surface area is 89.7 Å². The molecule has 0 saturated carbocycles. The number of rotatable bonds is 6. The second kappa shape index (κ2) is 6.27. The van der Waals surface area contributed by atoms with Crippen LogP contribution in [0.15, 0.2) is 0 Å². The molecule has 0 aromatic rings. The van der Waals surface area contributed by atoms with E-state index in [1.165, 1.54) is 0 Å². The third kappa shape index (κ3) is 5.47. The molecule has 5 heteroatoms. The van der Waals surface area contributed by atoms with Gasteiger partial charge in [-0.15, -0.1) is 0 Å². The molecular formula is C9H20N2O2S. The van der Waals surface area contributed by atoms with Gasteiger partial charge in [0.15, 0.2) is 5.72 Å². The Hall–Kier alpha value is -0.260. The monoisotopic (exact) mass is 220 g/mol. The van der Waals surface area contributed by atoms with Crippen molar-refractivity contribution >= 4 is 17.7 Å². The minimum absolute atomic E-state index is 0.411. The van der Waals surface area contributed by atoms with Gasteiger partial charge in [-0.3, -0.25) is 10.5 Å². The predicted molar refractivity (Wildman–Crippen MR) is 59.9 cm³/mol. The molecule has 4 nitrogen and oxygen atoms in total. The molecule has 14 heavy (non-hydrogen) atoms. The smallest absolute Gasteiger partial charge is 0.324 e. The van der Waals surface area contributed by atoms with Gasteiger partial charge < -0.3 is 10.5 Å². The van der Waals surface area contributed by atoms with E-state index >= 15 is 0 Å². The topological polar surface area (TPSA) is 78.3 Å². The van der Waals surface area contributed by atoms with Crippen LogP contribution < -0.4 is 11.5 Å². The average Bonchev–Trinajstić information content (AvgIpc) is 2.13. The first kappa shape index (κ1) is 13.7. The van der Waals surface area contributed by atoms with Crippen LogP contribution in [0.1, 0.15) is 26.7 Å². The van der Waals surface area contributed by atoms with Crippen molar-refractivity contribution in [3.8, 4) is 0 Å². The van der Waals surface area contributed by atoms with Crippen LogP contribution in [0.5, 0.6) is 0 Å². The fourth-order valence-corrected chi connectivity index (χ4v) is 1.23. The maximum absolute atomic E-state index is 11.4. The van der Waals surface area contributed by atoms with Crippen molar-refractivity contribution in [3.05, 3.63) is 0 Å². The molecule has 0 aromatic heterocycles. The van der Waals surface area contributed by atoms with Crippen molar-refractivity contribution in [1.29, 1.82) is 0 Å². The second-order valence-corrected chi connectivity index (χ2v) is 4.46. The summed E-state index contributed by atoms with van der Waals surface area (Å²) >= 11 is 1.65. The minimum atomic E-state index is -0.895. The summed E-state index contributed by atoms with van der Waals surface area (Å²) in [5.41, 5.74) is 10.4. The van der Waals surface area contributed by atoms with Crippen LogP contribution in [0.25, 0.3) is 0 Å². The maximum atomic E-state index is 11.4. The predicted octanol–water partition coefficient (Wildman–Crippen LogP) is 0.695. The highest BCUT2D eigenvalue weighted by atomic mass is 32.2. The summed E-state index contributed by atoms with van der Waals surface area (Å²) in [6.45, 7) is 3.53. The molecule has 0 aliphatic carbocycles. The van der Waals surface area contributed by atoms with E-state index in [0.29, 0.717) is 12.8 Å². The average molecular weight is 220 g/mol. The summed E-state index contributed by atoms with van der Waals surface area (Å²) in [5, 5.41) is 0. The first-order valence-corrected chi connectivity index (χ1v) is 6.08. The van der Waals surface area contributed by atoms with E-state index in [2.05, 4.69) is 0 Å². The quantitative estimate of drug-likeness (QED) is 0.509. The van der Waals surface area contributed by atoms with Crippen LogP contribution in [0.3, 0.4) is 0 Å². The van der Waals surface area contributed by atoms with Gasteiger partial charge in [-0.25, -0.2) is 0 Å². The SMILES string of the molecule is CCC(C)(N)OC(=O)[C@@H](N)CCSC. The number of hydrogen-bond donors (Lipinski definition) is 2. The number of carbonyl (C=O) groups excluding carboxylic acids is 1. The Balaban J connectivity index is 3.95. The summed E-state index contributed by atoms with van der Waals surface area (Å²) in [4.78, 5) is 11.4. The lowest BCUT2D eigenvalue weighted by atomic mass is 10.2. The van der Waals surface area contributed by atoms with E-state index in [1.54, 1.807) is 18.7 Å². The fourth-order valence-electron chi connectivity index (χ4n) is 0.740. The van der Waals surface area contributed by atoms with E-state index in [4.69, 9.17) is 16.2 Å². The molecule has 0 heterocycles. The fraction of sp³-hybridized carbons (Fsp3) is 0.889. The zero-order valence-corrected chi connectivity index (χ0v) is 9.89. The molecule has 0 radical (unpaired) electrons. The highest BCUT2D eigenvalue weighted by Gasteiger charge is 2.24. The molecule has 0 aromatic carbocycles. The van der Waals surface area contributed by atoms with Gasteiger partial charge in [0.1, 0.15) is 6.04 Å². The summed E-state index contributed by atoms with van der Waals surface area (Å²) < 4.78 is 5.05. The van der Waals surface area contributed by atoms with Gasteiger partial charge in [-0.05, 0) is 31.8 Å². The van der Waals surface area contributed by atoms with Gasteiger partial charge in [0.2, 0.25) is 0 Å². The van der Waals surface area contributed by atoms with E-state index in [1.807, 2.05) is 13.2 Å². The van der Waals surface area contributed by atoms with Gasteiger partial charge in [0.25, 0.3) is 0 Å². The number of thioether (sulfide) groups is 1. The van der Waals surface area contributed by atoms with Crippen LogP contribution >= 0.6 is 11.8 Å². The summed E-state index contributed by atoms with van der Waals surface area (Å²) in [6.07, 6.45) is 3.17. The van der Waals surface area contributed by atoms with Gasteiger partial charge >= 0.3 is 5.97 Å². The largest absolute Gasteiger partial charge is 0.443 e. The zero-order valence-electron chi connectivity index (χ0n) is 9.08. The standard InChI is InChI=1S/C9H20N2O2S/c1-4-9(2,11)13-8(12)7(10)5-6-14-3/h7H,4-6,10-11H2,1-3H3/t7-,9?/m0/s1. The number of carbonyl (C=O) groups is 1. The van der Waals surface area contributed by atoms with Gasteiger partial charge in [-0.2, -0.15) is 11.8 Å². The number of esters is 1. The van der Waals surface area contributed by atoms with Gasteiger partial charge in [-0.1, -0.05) is 6.92 Å². The van der Waals surface area contributed by atoms with Crippen LogP contribution in [0.4, 0.5) is 0 Å². The lowest BCUT2D eigenvalue weighted by Crippen LogP contribution is -2.45. The third-order valence-corrected chi connectivity index (χ3v) is 2.62. The molecular weight excluding hydrogens is 200 g/mol. The zero-order chi connectivity index (χ0) is 11.2. The molecule has 0 bridgehead atoms. The Morgan fingerprint density at radius 1 is 1.64 bits per heavy atom. The Morgan fingerprint density at radius 3 is 2.64 bits per heavy atom. The van der Waals surface area contributed by atoms with Crippen LogP contribution in [-0.2, 0) is 9.53 Å². The van der Waals surface area contributed by atoms with E-state index in [-0.39, 0.29) is 0 Å². The lowest BCUT2D eigenvalue weighted by molar-refractivity contribution is -0.159. The molecule has 0 spiro atoms. The summed E-state index contributed by atoms with van der Waals surface area (Å²) in [7, 11) is 0. The molecule has 2 atom stereocenters. The van der Waals surface area contributed by atoms with Gasteiger partial charge in [0, 0.05) is 0 Å². The van der Waals surface area contributed by atoms with Crippen molar-refractivity contribution in [3.63, 3.8) is 0 Å². The molecule has 0 aliphatic rings. The van der Waals surface area contributed by atoms with Crippen molar-refractivity contribution < 1.29 is 9.53 Å². The summed E-state index contributed by atoms with van der Waals surface area (Å²) in [5.74, 6) is 0.440. The molecule has 4 N–H and O–H groups in total. The molecule has 0 saturated heterocycles. The normalized spacial score (nSPS) is 17.2. The van der Waals surface area contributed by atoms with Crippen molar-refractivity contribution in [2.75, 3.05) is 12.0 Å². The van der Waals surface area contributed by atoms with E-state index in [9.17, 15) is 4.79 Å². The second-order valence-electron chi connectivity index (χ2n) is 3.48. The number of ether oxygens (including phenoxy) is 1. The van der Waals surface area contributed by atoms with Crippen molar-refractivity contribution in [2.45, 2.75) is 38.5 Å². The van der Waals surface area contributed by atoms with Crippen LogP contribution in [-0.4, -0.2) is 29.7 Å². The van der Waals surface area contributed by atoms with Gasteiger partial charge in [0.05, 0.1) is 0 Å². The number of hydrogen-bond acceptors (Lipinski definition) is 5. The molecule has 84 valence electrons. The number of nitrogens with two attached hydrogens (primary N) is 2. The molecule has 0 aliphatic heterocycles. The van der Waals surface area contributed by atoms with E-state index in [0.717, 1.165) is 5.75 Å². The molecule has 0 rings (SSSR count). The Morgan fingerprint density at radius 2 is 2.21 bits per heavy atom. The van der Waals surface area contributed by atoms with Crippen molar-refractivity contribution in [1.82, 2.24) is 0 Å². The van der Waals surface area contributed by atoms with Crippen LogP contribution in [0.2, 0.25) is 0 Å². The molecule has 0 amide bonds. The first-order chi connectivity index (χ1) is 6.43. The molecule has 1 unspecified atom stereocenters.